The Morgan fingerprint density at radius 3 is 2.68 bits per heavy atom. The number of nitrogens with zero attached hydrogens (tertiary/aromatic N) is 3. The summed E-state index contributed by atoms with van der Waals surface area (Å²) in [5.74, 6) is -0.571. The number of carboxylic acid groups (broad SMARTS) is 1. The standard InChI is InChI=1S/C12H20N4O3/c1-4-15(8-12(18)19)7-11(17)14-10-5-6-13-16(10)9(2)3/h5-6,9H,4,7-8H2,1-3H3,(H,14,17)(H,18,19). The zero-order valence-electron chi connectivity index (χ0n) is 11.5. The molecule has 0 atom stereocenters. The van der Waals surface area contributed by atoms with Gasteiger partial charge < -0.3 is 10.4 Å². The van der Waals surface area contributed by atoms with Crippen LogP contribution < -0.4 is 5.32 Å². The Morgan fingerprint density at radius 2 is 2.16 bits per heavy atom. The molecule has 0 aliphatic rings. The summed E-state index contributed by atoms with van der Waals surface area (Å²) in [7, 11) is 0. The SMILES string of the molecule is CCN(CC(=O)O)CC(=O)Nc1ccnn1C(C)C. The zero-order valence-corrected chi connectivity index (χ0v) is 11.5. The maximum Gasteiger partial charge on any atom is 0.317 e. The van der Waals surface area contributed by atoms with Crippen molar-refractivity contribution in [3.8, 4) is 0 Å². The minimum Gasteiger partial charge on any atom is -0.480 e. The van der Waals surface area contributed by atoms with E-state index in [2.05, 4.69) is 10.4 Å². The van der Waals surface area contributed by atoms with E-state index in [4.69, 9.17) is 5.11 Å². The number of nitrogens with one attached hydrogen (secondary N) is 1. The first-order valence-corrected chi connectivity index (χ1v) is 6.21. The monoisotopic (exact) mass is 268 g/mol. The van der Waals surface area contributed by atoms with Gasteiger partial charge in [0.1, 0.15) is 5.82 Å². The minimum absolute atomic E-state index is 0.0477. The Morgan fingerprint density at radius 1 is 1.47 bits per heavy atom. The highest BCUT2D eigenvalue weighted by Crippen LogP contribution is 2.12. The van der Waals surface area contributed by atoms with Gasteiger partial charge in [0.2, 0.25) is 5.91 Å². The summed E-state index contributed by atoms with van der Waals surface area (Å²) < 4.78 is 1.70. The lowest BCUT2D eigenvalue weighted by atomic mass is 10.4. The summed E-state index contributed by atoms with van der Waals surface area (Å²) in [5.41, 5.74) is 0. The van der Waals surface area contributed by atoms with Crippen LogP contribution in [0.1, 0.15) is 26.8 Å². The van der Waals surface area contributed by atoms with E-state index >= 15 is 0 Å². The fraction of sp³-hybridized carbons (Fsp3) is 0.583. The highest BCUT2D eigenvalue weighted by molar-refractivity contribution is 5.91. The molecule has 0 saturated carbocycles. The van der Waals surface area contributed by atoms with Gasteiger partial charge >= 0.3 is 5.97 Å². The zero-order chi connectivity index (χ0) is 14.4. The largest absolute Gasteiger partial charge is 0.480 e. The molecule has 1 amide bonds. The molecule has 1 aromatic rings. The maximum absolute atomic E-state index is 11.8. The van der Waals surface area contributed by atoms with Crippen LogP contribution in [0.5, 0.6) is 0 Å². The van der Waals surface area contributed by atoms with E-state index in [0.717, 1.165) is 0 Å². The fourth-order valence-corrected chi connectivity index (χ4v) is 1.68. The number of aromatic nitrogens is 2. The molecule has 2 N–H and O–H groups in total. The molecule has 7 nitrogen and oxygen atoms in total. The number of hydrogen-bond donors (Lipinski definition) is 2. The van der Waals surface area contributed by atoms with E-state index in [1.54, 1.807) is 21.8 Å². The first-order valence-electron chi connectivity index (χ1n) is 6.21. The number of carbonyl (C=O) groups is 2. The average Bonchev–Trinajstić information content (AvgIpc) is 2.75. The molecule has 1 rings (SSSR count). The summed E-state index contributed by atoms with van der Waals surface area (Å²) in [6.07, 6.45) is 1.62. The third kappa shape index (κ3) is 4.70. The third-order valence-electron chi connectivity index (χ3n) is 2.60. The molecule has 0 radical (unpaired) electrons. The van der Waals surface area contributed by atoms with Gasteiger partial charge in [0.05, 0.1) is 19.3 Å². The average molecular weight is 268 g/mol. The molecule has 0 aliphatic heterocycles. The van der Waals surface area contributed by atoms with Gasteiger partial charge in [0, 0.05) is 12.1 Å². The molecule has 1 heterocycles. The van der Waals surface area contributed by atoms with Gasteiger partial charge in [-0.1, -0.05) is 6.92 Å². The van der Waals surface area contributed by atoms with Crippen LogP contribution in [0.25, 0.3) is 0 Å². The molecular formula is C12H20N4O3. The van der Waals surface area contributed by atoms with E-state index in [-0.39, 0.29) is 25.0 Å². The summed E-state index contributed by atoms with van der Waals surface area (Å²) in [5, 5.41) is 15.6. The van der Waals surface area contributed by atoms with E-state index in [1.165, 1.54) is 0 Å². The molecular weight excluding hydrogens is 248 g/mol. The number of likely N-dealkylation sites (N-methyl/N-ethyl adjacent to an activating group) is 1. The van der Waals surface area contributed by atoms with Crippen molar-refractivity contribution in [1.29, 1.82) is 0 Å². The first kappa shape index (κ1) is 15.2. The number of anilines is 1. The van der Waals surface area contributed by atoms with Crippen LogP contribution in [0.2, 0.25) is 0 Å². The van der Waals surface area contributed by atoms with Crippen LogP contribution in [0.15, 0.2) is 12.3 Å². The summed E-state index contributed by atoms with van der Waals surface area (Å²) >= 11 is 0. The Bertz CT molecular complexity index is 442. The highest BCUT2D eigenvalue weighted by atomic mass is 16.4. The number of rotatable bonds is 7. The van der Waals surface area contributed by atoms with Gasteiger partial charge in [-0.3, -0.25) is 14.5 Å². The van der Waals surface area contributed by atoms with Gasteiger partial charge in [-0.15, -0.1) is 0 Å². The van der Waals surface area contributed by atoms with Crippen molar-refractivity contribution in [1.82, 2.24) is 14.7 Å². The molecule has 0 aliphatic carbocycles. The molecule has 0 spiro atoms. The van der Waals surface area contributed by atoms with Gasteiger partial charge in [0.25, 0.3) is 0 Å². The van der Waals surface area contributed by atoms with Crippen LogP contribution in [-0.2, 0) is 9.59 Å². The maximum atomic E-state index is 11.8. The summed E-state index contributed by atoms with van der Waals surface area (Å²) in [6.45, 7) is 6.15. The van der Waals surface area contributed by atoms with Gasteiger partial charge in [-0.05, 0) is 20.4 Å². The highest BCUT2D eigenvalue weighted by Gasteiger charge is 2.14. The smallest absolute Gasteiger partial charge is 0.317 e. The van der Waals surface area contributed by atoms with Crippen LogP contribution in [0, 0.1) is 0 Å². The topological polar surface area (TPSA) is 87.5 Å². The molecule has 0 aromatic carbocycles. The fourth-order valence-electron chi connectivity index (χ4n) is 1.68. The first-order chi connectivity index (χ1) is 8.93. The second-order valence-electron chi connectivity index (χ2n) is 4.50. The number of amides is 1. The van der Waals surface area contributed by atoms with E-state index < -0.39 is 5.97 Å². The number of carboxylic acids is 1. The Kier molecular flexibility index (Phi) is 5.50. The van der Waals surface area contributed by atoms with Crippen molar-refractivity contribution in [2.24, 2.45) is 0 Å². The lowest BCUT2D eigenvalue weighted by Crippen LogP contribution is -2.37. The quantitative estimate of drug-likeness (QED) is 0.764. The van der Waals surface area contributed by atoms with Crippen molar-refractivity contribution in [3.63, 3.8) is 0 Å². The predicted molar refractivity (Wildman–Crippen MR) is 71.0 cm³/mol. The molecule has 1 aromatic heterocycles. The predicted octanol–water partition coefficient (Wildman–Crippen LogP) is 0.809. The second-order valence-corrected chi connectivity index (χ2v) is 4.50. The van der Waals surface area contributed by atoms with Gasteiger partial charge in [-0.25, -0.2) is 4.68 Å². The van der Waals surface area contributed by atoms with Gasteiger partial charge in [0.15, 0.2) is 0 Å². The molecule has 0 fully saturated rings. The second kappa shape index (κ2) is 6.89. The Labute approximate surface area is 112 Å². The summed E-state index contributed by atoms with van der Waals surface area (Å²) in [6, 6.07) is 1.86. The lowest BCUT2D eigenvalue weighted by molar-refractivity contribution is -0.138. The molecule has 0 saturated heterocycles. The van der Waals surface area contributed by atoms with Crippen molar-refractivity contribution in [2.45, 2.75) is 26.8 Å². The minimum atomic E-state index is -0.943. The van der Waals surface area contributed by atoms with Crippen LogP contribution >= 0.6 is 0 Å². The van der Waals surface area contributed by atoms with Crippen LogP contribution in [0.4, 0.5) is 5.82 Å². The van der Waals surface area contributed by atoms with Crippen molar-refractivity contribution >= 4 is 17.7 Å². The number of aliphatic carboxylic acids is 1. The third-order valence-corrected chi connectivity index (χ3v) is 2.60. The van der Waals surface area contributed by atoms with Gasteiger partial charge in [-0.2, -0.15) is 5.10 Å². The Balaban J connectivity index is 2.59. The normalized spacial score (nSPS) is 11.0. The van der Waals surface area contributed by atoms with Crippen LogP contribution in [-0.4, -0.2) is 51.3 Å². The van der Waals surface area contributed by atoms with Crippen molar-refractivity contribution in [2.75, 3.05) is 25.0 Å². The van der Waals surface area contributed by atoms with E-state index in [0.29, 0.717) is 12.4 Å². The van der Waals surface area contributed by atoms with E-state index in [9.17, 15) is 9.59 Å². The number of hydrogen-bond acceptors (Lipinski definition) is 4. The number of carbonyl (C=O) groups excluding carboxylic acids is 1. The molecule has 106 valence electrons. The molecule has 0 bridgehead atoms. The van der Waals surface area contributed by atoms with Crippen molar-refractivity contribution in [3.05, 3.63) is 12.3 Å². The van der Waals surface area contributed by atoms with Crippen molar-refractivity contribution < 1.29 is 14.7 Å². The van der Waals surface area contributed by atoms with Crippen LogP contribution in [0.3, 0.4) is 0 Å². The summed E-state index contributed by atoms with van der Waals surface area (Å²) in [4.78, 5) is 24.0. The molecule has 19 heavy (non-hydrogen) atoms. The molecule has 7 heteroatoms. The Hall–Kier alpha value is -1.89. The molecule has 0 unspecified atom stereocenters. The van der Waals surface area contributed by atoms with E-state index in [1.807, 2.05) is 20.8 Å². The lowest BCUT2D eigenvalue weighted by Gasteiger charge is -2.18.